The second-order valence-corrected chi connectivity index (χ2v) is 6.75. The van der Waals surface area contributed by atoms with Crippen molar-refractivity contribution in [3.05, 3.63) is 46.1 Å². The van der Waals surface area contributed by atoms with Crippen molar-refractivity contribution in [2.75, 3.05) is 45.8 Å². The molecule has 0 atom stereocenters. The van der Waals surface area contributed by atoms with E-state index < -0.39 is 5.97 Å². The van der Waals surface area contributed by atoms with E-state index in [1.807, 2.05) is 12.1 Å². The quantitative estimate of drug-likeness (QED) is 0.589. The van der Waals surface area contributed by atoms with E-state index in [0.717, 1.165) is 5.56 Å². The summed E-state index contributed by atoms with van der Waals surface area (Å²) < 4.78 is 10.7. The Kier molecular flexibility index (Phi) is 6.08. The van der Waals surface area contributed by atoms with Crippen LogP contribution in [0.3, 0.4) is 0 Å². The van der Waals surface area contributed by atoms with Gasteiger partial charge in [0, 0.05) is 31.3 Å². The zero-order chi connectivity index (χ0) is 19.4. The molecule has 142 valence electrons. The third kappa shape index (κ3) is 4.12. The fraction of sp³-hybridized carbons (Fsp3) is 0.316. The summed E-state index contributed by atoms with van der Waals surface area (Å²) in [5, 5.41) is 3.02. The summed E-state index contributed by atoms with van der Waals surface area (Å²) in [5.74, 6) is -0.473. The lowest BCUT2D eigenvalue weighted by Crippen LogP contribution is -2.40. The summed E-state index contributed by atoms with van der Waals surface area (Å²) in [5.41, 5.74) is 2.93. The summed E-state index contributed by atoms with van der Waals surface area (Å²) in [6.45, 7) is 2.32. The molecule has 1 N–H and O–H groups in total. The molecule has 0 radical (unpaired) electrons. The van der Waals surface area contributed by atoms with E-state index in [4.69, 9.17) is 9.47 Å². The molecule has 2 heterocycles. The van der Waals surface area contributed by atoms with Crippen molar-refractivity contribution in [1.29, 1.82) is 0 Å². The first-order chi connectivity index (χ1) is 13.0. The molecule has 0 spiro atoms. The number of anilines is 1. The molecule has 0 unspecified atom stereocenters. The van der Waals surface area contributed by atoms with E-state index in [1.54, 1.807) is 30.1 Å². The highest BCUT2D eigenvalue weighted by Crippen LogP contribution is 2.32. The molecule has 1 saturated heterocycles. The zero-order valence-electron chi connectivity index (χ0n) is 15.1. The Labute approximate surface area is 165 Å². The van der Waals surface area contributed by atoms with Crippen LogP contribution in [-0.4, -0.2) is 62.2 Å². The lowest BCUT2D eigenvalue weighted by molar-refractivity contribution is 0.0303. The summed E-state index contributed by atoms with van der Waals surface area (Å²) in [7, 11) is 3.05. The minimum absolute atomic E-state index is 0.0175. The minimum atomic E-state index is -0.456. The maximum absolute atomic E-state index is 12.6. The molecule has 1 amide bonds. The predicted octanol–water partition coefficient (Wildman–Crippen LogP) is 2.81. The van der Waals surface area contributed by atoms with Crippen molar-refractivity contribution in [3.8, 4) is 11.3 Å². The highest BCUT2D eigenvalue weighted by atomic mass is 79.9. The van der Waals surface area contributed by atoms with E-state index in [9.17, 15) is 9.59 Å². The number of nitrogens with zero attached hydrogens (tertiary/aromatic N) is 2. The number of amides is 1. The third-order valence-corrected chi connectivity index (χ3v) is 4.75. The van der Waals surface area contributed by atoms with Crippen molar-refractivity contribution in [1.82, 2.24) is 9.88 Å². The molecule has 1 aromatic carbocycles. The fourth-order valence-electron chi connectivity index (χ4n) is 2.97. The molecule has 0 bridgehead atoms. The fourth-order valence-corrected chi connectivity index (χ4v) is 3.37. The molecule has 0 saturated carbocycles. The van der Waals surface area contributed by atoms with E-state index >= 15 is 0 Å². The van der Waals surface area contributed by atoms with Gasteiger partial charge in [0.1, 0.15) is 4.60 Å². The zero-order valence-corrected chi connectivity index (χ0v) is 16.7. The maximum atomic E-state index is 12.6. The van der Waals surface area contributed by atoms with Gasteiger partial charge in [-0.25, -0.2) is 9.78 Å². The highest BCUT2D eigenvalue weighted by Gasteiger charge is 2.21. The van der Waals surface area contributed by atoms with Crippen molar-refractivity contribution < 1.29 is 19.1 Å². The number of hydrogen-bond donors (Lipinski definition) is 1. The molecule has 7 nitrogen and oxygen atoms in total. The highest BCUT2D eigenvalue weighted by molar-refractivity contribution is 9.10. The summed E-state index contributed by atoms with van der Waals surface area (Å²) in [6.07, 6.45) is 0. The van der Waals surface area contributed by atoms with Gasteiger partial charge in [-0.1, -0.05) is 12.1 Å². The van der Waals surface area contributed by atoms with Gasteiger partial charge in [-0.05, 0) is 34.1 Å². The third-order valence-electron chi connectivity index (χ3n) is 4.35. The van der Waals surface area contributed by atoms with Gasteiger partial charge in [0.25, 0.3) is 5.91 Å². The Bertz CT molecular complexity index is 849. The first kappa shape index (κ1) is 19.3. The average molecular weight is 434 g/mol. The monoisotopic (exact) mass is 433 g/mol. The molecule has 1 aliphatic heterocycles. The van der Waals surface area contributed by atoms with Crippen LogP contribution in [0, 0.1) is 0 Å². The number of rotatable bonds is 4. The average Bonchev–Trinajstić information content (AvgIpc) is 2.72. The largest absolute Gasteiger partial charge is 0.465 e. The first-order valence-corrected chi connectivity index (χ1v) is 9.28. The molecular weight excluding hydrogens is 414 g/mol. The van der Waals surface area contributed by atoms with Crippen LogP contribution in [0.15, 0.2) is 34.9 Å². The second-order valence-electron chi connectivity index (χ2n) is 5.94. The van der Waals surface area contributed by atoms with Crippen LogP contribution >= 0.6 is 15.9 Å². The minimum Gasteiger partial charge on any atom is -0.465 e. The summed E-state index contributed by atoms with van der Waals surface area (Å²) in [6, 6.07) is 8.80. The van der Waals surface area contributed by atoms with Crippen LogP contribution in [-0.2, 0) is 9.47 Å². The van der Waals surface area contributed by atoms with Crippen LogP contribution < -0.4 is 5.32 Å². The molecule has 0 aliphatic carbocycles. The lowest BCUT2D eigenvalue weighted by atomic mass is 10.0. The number of pyridine rings is 1. The number of morpholine rings is 1. The number of carbonyl (C=O) groups excluding carboxylic acids is 2. The number of carbonyl (C=O) groups is 2. The van der Waals surface area contributed by atoms with Gasteiger partial charge in [-0.15, -0.1) is 0 Å². The number of benzene rings is 1. The number of aromatic nitrogens is 1. The number of hydrogen-bond acceptors (Lipinski definition) is 6. The smallest absolute Gasteiger partial charge is 0.340 e. The number of methoxy groups -OCH3 is 1. The molecule has 1 fully saturated rings. The van der Waals surface area contributed by atoms with Gasteiger partial charge in [0.15, 0.2) is 0 Å². The lowest BCUT2D eigenvalue weighted by Gasteiger charge is -2.26. The Hall–Kier alpha value is -2.45. The molecule has 3 rings (SSSR count). The van der Waals surface area contributed by atoms with Crippen molar-refractivity contribution in [2.45, 2.75) is 0 Å². The van der Waals surface area contributed by atoms with Crippen LogP contribution in [0.5, 0.6) is 0 Å². The summed E-state index contributed by atoms with van der Waals surface area (Å²) >= 11 is 3.34. The van der Waals surface area contributed by atoms with Gasteiger partial charge < -0.3 is 19.7 Å². The number of esters is 1. The van der Waals surface area contributed by atoms with Crippen LogP contribution in [0.2, 0.25) is 0 Å². The SMILES string of the molecule is CNc1c(C(=O)OC)cc(Br)nc1-c1ccc(C(=O)N2CCOCC2)cc1. The normalized spacial score (nSPS) is 14.0. The van der Waals surface area contributed by atoms with Crippen molar-refractivity contribution in [2.24, 2.45) is 0 Å². The van der Waals surface area contributed by atoms with Crippen LogP contribution in [0.1, 0.15) is 20.7 Å². The van der Waals surface area contributed by atoms with E-state index in [-0.39, 0.29) is 5.91 Å². The predicted molar refractivity (Wildman–Crippen MR) is 105 cm³/mol. The Morgan fingerprint density at radius 3 is 2.48 bits per heavy atom. The van der Waals surface area contributed by atoms with Crippen LogP contribution in [0.4, 0.5) is 5.69 Å². The number of ether oxygens (including phenoxy) is 2. The Morgan fingerprint density at radius 1 is 1.22 bits per heavy atom. The van der Waals surface area contributed by atoms with Crippen LogP contribution in [0.25, 0.3) is 11.3 Å². The molecule has 1 aromatic heterocycles. The van der Waals surface area contributed by atoms with Gasteiger partial charge in [0.2, 0.25) is 0 Å². The van der Waals surface area contributed by atoms with Gasteiger partial charge in [0.05, 0.1) is 37.3 Å². The van der Waals surface area contributed by atoms with E-state index in [1.165, 1.54) is 7.11 Å². The van der Waals surface area contributed by atoms with Crippen molar-refractivity contribution in [3.63, 3.8) is 0 Å². The Balaban J connectivity index is 1.94. The van der Waals surface area contributed by atoms with Crippen molar-refractivity contribution >= 4 is 33.5 Å². The molecule has 27 heavy (non-hydrogen) atoms. The standard InChI is InChI=1S/C19H20BrN3O4/c1-21-17-14(19(25)26-2)11-15(20)22-16(17)12-3-5-13(6-4-12)18(24)23-7-9-27-10-8-23/h3-6,11,21H,7-10H2,1-2H3. The topological polar surface area (TPSA) is 80.8 Å². The van der Waals surface area contributed by atoms with Gasteiger partial charge in [-0.3, -0.25) is 4.79 Å². The molecule has 8 heteroatoms. The summed E-state index contributed by atoms with van der Waals surface area (Å²) in [4.78, 5) is 30.9. The second kappa shape index (κ2) is 8.49. The van der Waals surface area contributed by atoms with Gasteiger partial charge >= 0.3 is 5.97 Å². The maximum Gasteiger partial charge on any atom is 0.340 e. The Morgan fingerprint density at radius 2 is 1.89 bits per heavy atom. The molecular formula is C19H20BrN3O4. The van der Waals surface area contributed by atoms with Gasteiger partial charge in [-0.2, -0.15) is 0 Å². The molecule has 2 aromatic rings. The number of nitrogens with one attached hydrogen (secondary N) is 1. The van der Waals surface area contributed by atoms with E-state index in [0.29, 0.717) is 53.4 Å². The number of halogens is 1. The van der Waals surface area contributed by atoms with E-state index in [2.05, 4.69) is 26.2 Å². The first-order valence-electron chi connectivity index (χ1n) is 8.49. The molecule has 1 aliphatic rings.